The van der Waals surface area contributed by atoms with Crippen molar-refractivity contribution < 1.29 is 9.21 Å². The predicted octanol–water partition coefficient (Wildman–Crippen LogP) is 5.11. The Labute approximate surface area is 183 Å². The van der Waals surface area contributed by atoms with E-state index in [1.165, 1.54) is 0 Å². The van der Waals surface area contributed by atoms with Crippen LogP contribution in [0.1, 0.15) is 17.0 Å². The number of oxazole rings is 1. The van der Waals surface area contributed by atoms with Gasteiger partial charge in [0.2, 0.25) is 11.8 Å². The van der Waals surface area contributed by atoms with Crippen molar-refractivity contribution in [3.63, 3.8) is 0 Å². The highest BCUT2D eigenvalue weighted by molar-refractivity contribution is 7.13. The molecule has 7 heteroatoms. The second kappa shape index (κ2) is 8.20. The van der Waals surface area contributed by atoms with Crippen LogP contribution in [0.4, 0.5) is 0 Å². The lowest BCUT2D eigenvalue weighted by Crippen LogP contribution is -2.24. The van der Waals surface area contributed by atoms with E-state index in [9.17, 15) is 4.79 Å². The van der Waals surface area contributed by atoms with Crippen LogP contribution in [0.2, 0.25) is 0 Å². The van der Waals surface area contributed by atoms with Gasteiger partial charge in [-0.15, -0.1) is 11.3 Å². The number of aryl methyl sites for hydroxylation is 1. The highest BCUT2D eigenvalue weighted by Gasteiger charge is 2.15. The third-order valence-electron chi connectivity index (χ3n) is 5.06. The lowest BCUT2D eigenvalue weighted by atomic mass is 10.1. The molecule has 3 aromatic heterocycles. The van der Waals surface area contributed by atoms with Crippen LogP contribution in [-0.4, -0.2) is 20.9 Å². The molecule has 0 saturated carbocycles. The number of nitrogens with one attached hydrogen (secondary N) is 2. The van der Waals surface area contributed by atoms with Crippen molar-refractivity contribution in [2.24, 2.45) is 0 Å². The van der Waals surface area contributed by atoms with E-state index in [1.807, 2.05) is 73.0 Å². The number of carbonyl (C=O) groups is 1. The third-order valence-corrected chi connectivity index (χ3v) is 5.92. The maximum atomic E-state index is 12.4. The van der Waals surface area contributed by atoms with Gasteiger partial charge in [0.25, 0.3) is 0 Å². The smallest absolute Gasteiger partial charge is 0.236 e. The summed E-state index contributed by atoms with van der Waals surface area (Å²) in [6.07, 6.45) is 0.192. The SMILES string of the molecule is Cc1oc(-c2cccs2)nc1CC(=O)NCc1ccc(-c2nc3ccccc3[nH]2)cc1. The Morgan fingerprint density at radius 1 is 1.06 bits per heavy atom. The molecule has 0 radical (unpaired) electrons. The number of aromatic amines is 1. The Kier molecular flexibility index (Phi) is 5.09. The molecule has 0 atom stereocenters. The number of nitrogens with zero attached hydrogens (tertiary/aromatic N) is 2. The fourth-order valence-electron chi connectivity index (χ4n) is 3.38. The zero-order valence-electron chi connectivity index (χ0n) is 16.9. The predicted molar refractivity (Wildman–Crippen MR) is 122 cm³/mol. The summed E-state index contributed by atoms with van der Waals surface area (Å²) in [7, 11) is 0. The van der Waals surface area contributed by atoms with Gasteiger partial charge in [-0.05, 0) is 36.1 Å². The fraction of sp³-hybridized carbons (Fsp3) is 0.125. The molecule has 0 aliphatic carbocycles. The van der Waals surface area contributed by atoms with E-state index in [4.69, 9.17) is 4.42 Å². The molecule has 5 rings (SSSR count). The summed E-state index contributed by atoms with van der Waals surface area (Å²) >= 11 is 1.56. The molecular weight excluding hydrogens is 408 g/mol. The molecule has 3 heterocycles. The summed E-state index contributed by atoms with van der Waals surface area (Å²) < 4.78 is 5.71. The Balaban J connectivity index is 1.20. The summed E-state index contributed by atoms with van der Waals surface area (Å²) in [6, 6.07) is 19.9. The van der Waals surface area contributed by atoms with Gasteiger partial charge < -0.3 is 14.7 Å². The quantitative estimate of drug-likeness (QED) is 0.393. The fourth-order valence-corrected chi connectivity index (χ4v) is 4.03. The number of hydrogen-bond acceptors (Lipinski definition) is 5. The van der Waals surface area contributed by atoms with Crippen LogP contribution < -0.4 is 5.32 Å². The zero-order valence-corrected chi connectivity index (χ0v) is 17.7. The van der Waals surface area contributed by atoms with Gasteiger partial charge in [0.05, 0.1) is 28.0 Å². The average molecular weight is 429 g/mol. The number of amides is 1. The lowest BCUT2D eigenvalue weighted by molar-refractivity contribution is -0.120. The molecule has 0 unspecified atom stereocenters. The topological polar surface area (TPSA) is 83.8 Å². The molecule has 31 heavy (non-hydrogen) atoms. The molecule has 2 N–H and O–H groups in total. The number of imidazole rings is 1. The molecule has 0 spiro atoms. The first-order chi connectivity index (χ1) is 15.2. The van der Waals surface area contributed by atoms with Gasteiger partial charge in [0, 0.05) is 12.1 Å². The lowest BCUT2D eigenvalue weighted by Gasteiger charge is -2.05. The van der Waals surface area contributed by atoms with Crippen LogP contribution in [0.3, 0.4) is 0 Å². The largest absolute Gasteiger partial charge is 0.440 e. The van der Waals surface area contributed by atoms with E-state index in [0.717, 1.165) is 32.9 Å². The minimum atomic E-state index is -0.0875. The molecule has 0 bridgehead atoms. The van der Waals surface area contributed by atoms with Crippen molar-refractivity contribution in [2.45, 2.75) is 19.9 Å². The van der Waals surface area contributed by atoms with E-state index in [-0.39, 0.29) is 12.3 Å². The van der Waals surface area contributed by atoms with Crippen molar-refractivity contribution >= 4 is 28.3 Å². The first kappa shape index (κ1) is 19.3. The first-order valence-electron chi connectivity index (χ1n) is 9.96. The third kappa shape index (κ3) is 4.13. The number of H-pyrrole nitrogens is 1. The van der Waals surface area contributed by atoms with Crippen molar-refractivity contribution in [3.05, 3.63) is 83.1 Å². The Morgan fingerprint density at radius 2 is 1.90 bits per heavy atom. The van der Waals surface area contributed by atoms with Gasteiger partial charge in [-0.25, -0.2) is 9.97 Å². The molecule has 0 aliphatic heterocycles. The number of hydrogen-bond donors (Lipinski definition) is 2. The molecule has 154 valence electrons. The number of rotatable bonds is 6. The first-order valence-corrected chi connectivity index (χ1v) is 10.8. The standard InChI is InChI=1S/C24H20N4O2S/c1-15-20(28-24(30-15)21-7-4-12-31-21)13-22(29)25-14-16-8-10-17(11-9-16)23-26-18-5-2-3-6-19(18)27-23/h2-12H,13-14H2,1H3,(H,25,29)(H,26,27). The van der Waals surface area contributed by atoms with Crippen molar-refractivity contribution in [1.29, 1.82) is 0 Å². The van der Waals surface area contributed by atoms with Gasteiger partial charge in [0.1, 0.15) is 11.6 Å². The van der Waals surface area contributed by atoms with Gasteiger partial charge in [-0.1, -0.05) is 42.5 Å². The number of para-hydroxylation sites is 2. The number of thiophene rings is 1. The maximum absolute atomic E-state index is 12.4. The second-order valence-electron chi connectivity index (χ2n) is 7.25. The van der Waals surface area contributed by atoms with Crippen molar-refractivity contribution in [3.8, 4) is 22.2 Å². The maximum Gasteiger partial charge on any atom is 0.236 e. The zero-order chi connectivity index (χ0) is 21.2. The highest BCUT2D eigenvalue weighted by Crippen LogP contribution is 2.26. The van der Waals surface area contributed by atoms with Crippen molar-refractivity contribution in [2.75, 3.05) is 0 Å². The van der Waals surface area contributed by atoms with Crippen molar-refractivity contribution in [1.82, 2.24) is 20.3 Å². The van der Waals surface area contributed by atoms with E-state index in [0.29, 0.717) is 23.9 Å². The minimum absolute atomic E-state index is 0.0875. The van der Waals surface area contributed by atoms with Crippen LogP contribution in [0.15, 0.2) is 70.5 Å². The Bertz CT molecular complexity index is 1300. The van der Waals surface area contributed by atoms with Gasteiger partial charge in [0.15, 0.2) is 0 Å². The summed E-state index contributed by atoms with van der Waals surface area (Å²) in [6.45, 7) is 2.29. The van der Waals surface area contributed by atoms with Crippen LogP contribution >= 0.6 is 11.3 Å². The average Bonchev–Trinajstić information content (AvgIpc) is 3.53. The summed E-state index contributed by atoms with van der Waals surface area (Å²) in [5.74, 6) is 1.99. The Hall–Kier alpha value is -3.71. The summed E-state index contributed by atoms with van der Waals surface area (Å²) in [5, 5.41) is 4.93. The van der Waals surface area contributed by atoms with E-state index >= 15 is 0 Å². The molecule has 0 fully saturated rings. The van der Waals surface area contributed by atoms with Gasteiger partial charge >= 0.3 is 0 Å². The molecule has 2 aromatic carbocycles. The number of carbonyl (C=O) groups excluding carboxylic acids is 1. The number of fused-ring (bicyclic) bond motifs is 1. The van der Waals surface area contributed by atoms with Crippen LogP contribution in [0.5, 0.6) is 0 Å². The van der Waals surface area contributed by atoms with E-state index in [1.54, 1.807) is 11.3 Å². The van der Waals surface area contributed by atoms with Crippen LogP contribution in [-0.2, 0) is 17.8 Å². The van der Waals surface area contributed by atoms with E-state index < -0.39 is 0 Å². The van der Waals surface area contributed by atoms with Crippen LogP contribution in [0.25, 0.3) is 33.2 Å². The molecule has 0 saturated heterocycles. The molecule has 6 nitrogen and oxygen atoms in total. The molecule has 1 amide bonds. The summed E-state index contributed by atoms with van der Waals surface area (Å²) in [4.78, 5) is 25.8. The molecule has 0 aliphatic rings. The molecule has 5 aromatic rings. The highest BCUT2D eigenvalue weighted by atomic mass is 32.1. The minimum Gasteiger partial charge on any atom is -0.440 e. The van der Waals surface area contributed by atoms with E-state index in [2.05, 4.69) is 20.3 Å². The second-order valence-corrected chi connectivity index (χ2v) is 8.20. The van der Waals surface area contributed by atoms with Crippen LogP contribution in [0, 0.1) is 6.92 Å². The van der Waals surface area contributed by atoms with Gasteiger partial charge in [-0.2, -0.15) is 0 Å². The normalized spacial score (nSPS) is 11.1. The number of aromatic nitrogens is 3. The molecular formula is C24H20N4O2S. The summed E-state index contributed by atoms with van der Waals surface area (Å²) in [5.41, 5.74) is 4.65. The Morgan fingerprint density at radius 3 is 2.68 bits per heavy atom. The monoisotopic (exact) mass is 428 g/mol. The van der Waals surface area contributed by atoms with Gasteiger partial charge in [-0.3, -0.25) is 4.79 Å². The number of benzene rings is 2.